The summed E-state index contributed by atoms with van der Waals surface area (Å²) in [5.74, 6) is -1.98. The molecule has 0 spiro atoms. The van der Waals surface area contributed by atoms with E-state index in [-0.39, 0.29) is 25.3 Å². The van der Waals surface area contributed by atoms with Gasteiger partial charge in [0, 0.05) is 29.3 Å². The molecule has 0 bridgehead atoms. The molecule has 6 nitrogen and oxygen atoms in total. The van der Waals surface area contributed by atoms with Crippen molar-refractivity contribution < 1.29 is 24.2 Å². The van der Waals surface area contributed by atoms with Gasteiger partial charge in [-0.05, 0) is 66.8 Å². The van der Waals surface area contributed by atoms with Gasteiger partial charge in [0.25, 0.3) is 0 Å². The molecule has 2 aromatic carbocycles. The molecule has 0 aliphatic carbocycles. The van der Waals surface area contributed by atoms with Crippen LogP contribution in [0.4, 0.5) is 4.39 Å². The van der Waals surface area contributed by atoms with Gasteiger partial charge < -0.3 is 20.1 Å². The highest BCUT2D eigenvalue weighted by Gasteiger charge is 2.22. The third-order valence-corrected chi connectivity index (χ3v) is 5.97. The van der Waals surface area contributed by atoms with Gasteiger partial charge in [-0.3, -0.25) is 4.79 Å². The molecular weight excluding hydrogens is 431 g/mol. The Balaban J connectivity index is 1.99. The highest BCUT2D eigenvalue weighted by molar-refractivity contribution is 7.98. The van der Waals surface area contributed by atoms with Gasteiger partial charge in [0.1, 0.15) is 11.9 Å². The van der Waals surface area contributed by atoms with E-state index in [1.54, 1.807) is 23.9 Å². The van der Waals surface area contributed by atoms with Gasteiger partial charge in [-0.2, -0.15) is 0 Å². The van der Waals surface area contributed by atoms with E-state index in [2.05, 4.69) is 5.32 Å². The number of carboxylic acid groups (broad SMARTS) is 1. The number of halogens is 1. The van der Waals surface area contributed by atoms with Crippen LogP contribution >= 0.6 is 11.8 Å². The minimum absolute atomic E-state index is 0.0227. The van der Waals surface area contributed by atoms with Crippen LogP contribution < -0.4 is 5.32 Å². The maximum atomic E-state index is 13.5. The zero-order valence-electron chi connectivity index (χ0n) is 17.8. The molecule has 1 aromatic heterocycles. The van der Waals surface area contributed by atoms with Crippen LogP contribution in [0.5, 0.6) is 0 Å². The summed E-state index contributed by atoms with van der Waals surface area (Å²) in [6.45, 7) is 1.53. The number of aliphatic hydroxyl groups excluding tert-OH is 1. The fourth-order valence-corrected chi connectivity index (χ4v) is 3.95. The van der Waals surface area contributed by atoms with Crippen LogP contribution in [0.15, 0.2) is 59.5 Å². The maximum absolute atomic E-state index is 13.5. The average Bonchev–Trinajstić information content (AvgIpc) is 3.10. The van der Waals surface area contributed by atoms with E-state index in [4.69, 9.17) is 5.11 Å². The second-order valence-electron chi connectivity index (χ2n) is 7.33. The van der Waals surface area contributed by atoms with Crippen LogP contribution in [-0.4, -0.2) is 45.6 Å². The summed E-state index contributed by atoms with van der Waals surface area (Å²) in [7, 11) is 0. The number of nitrogens with zero attached hydrogens (tertiary/aromatic N) is 1. The molecule has 168 valence electrons. The Kier molecular flexibility index (Phi) is 7.71. The number of carbonyl (C=O) groups excluding carboxylic acids is 1. The third-order valence-electron chi connectivity index (χ3n) is 5.22. The zero-order valence-corrected chi connectivity index (χ0v) is 18.7. The lowest BCUT2D eigenvalue weighted by atomic mass is 10.1. The number of aromatic nitrogens is 1. The molecule has 0 radical (unpaired) electrons. The predicted octanol–water partition coefficient (Wildman–Crippen LogP) is 3.81. The zero-order chi connectivity index (χ0) is 23.3. The Labute approximate surface area is 190 Å². The van der Waals surface area contributed by atoms with E-state index in [0.29, 0.717) is 0 Å². The average molecular weight is 457 g/mol. The van der Waals surface area contributed by atoms with Crippen LogP contribution in [-0.2, 0) is 16.0 Å². The Hall–Kier alpha value is -3.10. The van der Waals surface area contributed by atoms with Crippen molar-refractivity contribution in [1.82, 2.24) is 9.88 Å². The number of amides is 1. The number of aliphatic hydroxyl groups is 1. The first-order valence-corrected chi connectivity index (χ1v) is 11.3. The van der Waals surface area contributed by atoms with E-state index in [9.17, 15) is 19.1 Å². The molecule has 8 heteroatoms. The molecule has 1 amide bonds. The van der Waals surface area contributed by atoms with Gasteiger partial charge in [-0.25, -0.2) is 9.18 Å². The van der Waals surface area contributed by atoms with Crippen LogP contribution in [0.3, 0.4) is 0 Å². The van der Waals surface area contributed by atoms with Crippen LogP contribution in [0.25, 0.3) is 16.9 Å². The summed E-state index contributed by atoms with van der Waals surface area (Å²) >= 11 is 1.64. The first-order valence-electron chi connectivity index (χ1n) is 10.1. The van der Waals surface area contributed by atoms with Crippen LogP contribution in [0.2, 0.25) is 0 Å². The third kappa shape index (κ3) is 5.38. The minimum atomic E-state index is -1.19. The number of nitrogens with one attached hydrogen (secondary N) is 1. The molecule has 3 N–H and O–H groups in total. The lowest BCUT2D eigenvalue weighted by Crippen LogP contribution is -2.42. The number of carboxylic acids is 1. The molecule has 0 saturated heterocycles. The second kappa shape index (κ2) is 10.5. The lowest BCUT2D eigenvalue weighted by molar-refractivity contribution is -0.142. The van der Waals surface area contributed by atoms with Crippen molar-refractivity contribution in [1.29, 1.82) is 0 Å². The SMILES string of the molecule is CSc1ccc(-c2cc(CC(=O)NC(CCO)C(=O)O)c(C)n2-c2ccc(F)cc2)cc1. The van der Waals surface area contributed by atoms with Gasteiger partial charge in [-0.1, -0.05) is 12.1 Å². The first kappa shape index (κ1) is 23.6. The van der Waals surface area contributed by atoms with Crippen molar-refractivity contribution in [2.75, 3.05) is 12.9 Å². The number of rotatable bonds is 9. The predicted molar refractivity (Wildman–Crippen MR) is 123 cm³/mol. The highest BCUT2D eigenvalue weighted by atomic mass is 32.2. The standard InChI is InChI=1S/C24H25FN2O4S/c1-15-17(14-23(29)26-21(11-12-28)24(30)31)13-22(16-3-9-20(32-2)10-4-16)27(15)19-7-5-18(25)6-8-19/h3-10,13,21,28H,11-12,14H2,1-2H3,(H,26,29)(H,30,31). The molecule has 3 rings (SSSR count). The van der Waals surface area contributed by atoms with Crippen molar-refractivity contribution in [2.24, 2.45) is 0 Å². The quantitative estimate of drug-likeness (QED) is 0.426. The topological polar surface area (TPSA) is 91.6 Å². The molecule has 1 heterocycles. The summed E-state index contributed by atoms with van der Waals surface area (Å²) in [5.41, 5.74) is 4.05. The molecule has 0 aliphatic rings. The normalized spacial score (nSPS) is 11.9. The molecule has 0 saturated carbocycles. The van der Waals surface area contributed by atoms with Gasteiger partial charge >= 0.3 is 5.97 Å². The lowest BCUT2D eigenvalue weighted by Gasteiger charge is -2.14. The fourth-order valence-electron chi connectivity index (χ4n) is 3.54. The summed E-state index contributed by atoms with van der Waals surface area (Å²) < 4.78 is 15.5. The molecule has 32 heavy (non-hydrogen) atoms. The monoisotopic (exact) mass is 456 g/mol. The van der Waals surface area contributed by atoms with Crippen LogP contribution in [0, 0.1) is 12.7 Å². The number of thioether (sulfide) groups is 1. The van der Waals surface area contributed by atoms with Gasteiger partial charge in [0.2, 0.25) is 5.91 Å². The number of hydrogen-bond acceptors (Lipinski definition) is 4. The van der Waals surface area contributed by atoms with E-state index < -0.39 is 17.9 Å². The van der Waals surface area contributed by atoms with Gasteiger partial charge in [0.05, 0.1) is 12.1 Å². The number of benzene rings is 2. The fraction of sp³-hybridized carbons (Fsp3) is 0.250. The molecular formula is C24H25FN2O4S. The largest absolute Gasteiger partial charge is 0.480 e. The molecule has 3 aromatic rings. The number of hydrogen-bond donors (Lipinski definition) is 3. The summed E-state index contributed by atoms with van der Waals surface area (Å²) in [6, 6.07) is 14.9. The number of carbonyl (C=O) groups is 2. The molecule has 0 aliphatic heterocycles. The second-order valence-corrected chi connectivity index (χ2v) is 8.21. The van der Waals surface area contributed by atoms with Crippen molar-refractivity contribution in [2.45, 2.75) is 30.7 Å². The van der Waals surface area contributed by atoms with E-state index in [0.717, 1.165) is 33.1 Å². The van der Waals surface area contributed by atoms with Crippen molar-refractivity contribution in [3.05, 3.63) is 71.7 Å². The summed E-state index contributed by atoms with van der Waals surface area (Å²) in [4.78, 5) is 25.0. The van der Waals surface area contributed by atoms with Crippen LogP contribution in [0.1, 0.15) is 17.7 Å². The van der Waals surface area contributed by atoms with Crippen molar-refractivity contribution >= 4 is 23.6 Å². The maximum Gasteiger partial charge on any atom is 0.326 e. The van der Waals surface area contributed by atoms with Gasteiger partial charge in [-0.15, -0.1) is 11.8 Å². The van der Waals surface area contributed by atoms with E-state index in [1.165, 1.54) is 12.1 Å². The van der Waals surface area contributed by atoms with Gasteiger partial charge in [0.15, 0.2) is 0 Å². The van der Waals surface area contributed by atoms with Crippen molar-refractivity contribution in [3.8, 4) is 16.9 Å². The first-order chi connectivity index (χ1) is 15.3. The Bertz CT molecular complexity index is 1090. The highest BCUT2D eigenvalue weighted by Crippen LogP contribution is 2.31. The Morgan fingerprint density at radius 3 is 2.34 bits per heavy atom. The summed E-state index contributed by atoms with van der Waals surface area (Å²) in [5, 5.41) is 20.7. The molecule has 0 fully saturated rings. The minimum Gasteiger partial charge on any atom is -0.480 e. The summed E-state index contributed by atoms with van der Waals surface area (Å²) in [6.07, 6.45) is 1.91. The molecule has 1 unspecified atom stereocenters. The molecule has 1 atom stereocenters. The number of aliphatic carboxylic acids is 1. The Morgan fingerprint density at radius 2 is 1.78 bits per heavy atom. The van der Waals surface area contributed by atoms with E-state index >= 15 is 0 Å². The van der Waals surface area contributed by atoms with E-state index in [1.807, 2.05) is 48.1 Å². The Morgan fingerprint density at radius 1 is 1.12 bits per heavy atom. The van der Waals surface area contributed by atoms with Crippen molar-refractivity contribution in [3.63, 3.8) is 0 Å². The smallest absolute Gasteiger partial charge is 0.326 e.